The minimum Gasteiger partial charge on any atom is -0.441 e. The highest BCUT2D eigenvalue weighted by Gasteiger charge is 2.44. The Balaban J connectivity index is 1.59. The SMILES string of the molecule is CCCCc1nc(Cl)c(CN2CCC[C@]3(CC2)CN(C)C(=O)O3)[nH]1. The Labute approximate surface area is 148 Å². The second-order valence-corrected chi connectivity index (χ2v) is 7.45. The highest BCUT2D eigenvalue weighted by Crippen LogP contribution is 2.33. The van der Waals surface area contributed by atoms with Gasteiger partial charge >= 0.3 is 6.09 Å². The Morgan fingerprint density at radius 1 is 1.38 bits per heavy atom. The predicted octanol–water partition coefficient (Wildman–Crippen LogP) is 3.21. The van der Waals surface area contributed by atoms with E-state index in [-0.39, 0.29) is 11.7 Å². The van der Waals surface area contributed by atoms with Crippen LogP contribution in [0, 0.1) is 0 Å². The molecular formula is C17H27ClN4O2. The zero-order valence-electron chi connectivity index (χ0n) is 14.6. The third kappa shape index (κ3) is 3.86. The molecule has 24 heavy (non-hydrogen) atoms. The zero-order chi connectivity index (χ0) is 17.2. The fourth-order valence-electron chi connectivity index (χ4n) is 3.66. The average molecular weight is 355 g/mol. The number of carbonyl (C=O) groups excluding carboxylic acids is 1. The van der Waals surface area contributed by atoms with Crippen molar-refractivity contribution in [3.8, 4) is 0 Å². The number of imidazole rings is 1. The number of carbonyl (C=O) groups is 1. The van der Waals surface area contributed by atoms with E-state index in [9.17, 15) is 4.79 Å². The quantitative estimate of drug-likeness (QED) is 0.882. The minimum absolute atomic E-state index is 0.194. The molecule has 3 heterocycles. The zero-order valence-corrected chi connectivity index (χ0v) is 15.4. The van der Waals surface area contributed by atoms with Crippen LogP contribution in [0.1, 0.15) is 50.5 Å². The molecule has 2 fully saturated rings. The number of ether oxygens (including phenoxy) is 1. The summed E-state index contributed by atoms with van der Waals surface area (Å²) < 4.78 is 5.67. The normalized spacial score (nSPS) is 25.3. The molecule has 1 aromatic rings. The summed E-state index contributed by atoms with van der Waals surface area (Å²) in [7, 11) is 1.81. The van der Waals surface area contributed by atoms with Gasteiger partial charge in [0.05, 0.1) is 12.2 Å². The lowest BCUT2D eigenvalue weighted by Crippen LogP contribution is -2.35. The summed E-state index contributed by atoms with van der Waals surface area (Å²) in [6.45, 7) is 5.54. The summed E-state index contributed by atoms with van der Waals surface area (Å²) in [6, 6.07) is 0. The van der Waals surface area contributed by atoms with Crippen molar-refractivity contribution in [2.75, 3.05) is 26.7 Å². The number of rotatable bonds is 5. The summed E-state index contributed by atoms with van der Waals surface area (Å²) in [4.78, 5) is 23.6. The number of likely N-dealkylation sites (N-methyl/N-ethyl adjacent to an activating group) is 1. The van der Waals surface area contributed by atoms with Gasteiger partial charge in [-0.05, 0) is 25.8 Å². The Kier molecular flexibility index (Phi) is 5.35. The molecule has 1 aromatic heterocycles. The number of aryl methyl sites for hydroxylation is 1. The number of halogens is 1. The molecular weight excluding hydrogens is 328 g/mol. The molecule has 134 valence electrons. The van der Waals surface area contributed by atoms with Crippen LogP contribution in [-0.4, -0.2) is 58.1 Å². The summed E-state index contributed by atoms with van der Waals surface area (Å²) in [6.07, 6.45) is 5.84. The Bertz CT molecular complexity index is 591. The van der Waals surface area contributed by atoms with E-state index >= 15 is 0 Å². The molecule has 1 atom stereocenters. The third-order valence-corrected chi connectivity index (χ3v) is 5.37. The van der Waals surface area contributed by atoms with E-state index in [0.717, 1.165) is 69.7 Å². The molecule has 2 aliphatic heterocycles. The molecule has 0 unspecified atom stereocenters. The molecule has 0 radical (unpaired) electrons. The highest BCUT2D eigenvalue weighted by molar-refractivity contribution is 6.30. The van der Waals surface area contributed by atoms with Gasteiger partial charge in [0.15, 0.2) is 5.15 Å². The van der Waals surface area contributed by atoms with Gasteiger partial charge in [0.2, 0.25) is 0 Å². The number of H-pyrrole nitrogens is 1. The molecule has 3 rings (SSSR count). The van der Waals surface area contributed by atoms with Crippen molar-refractivity contribution >= 4 is 17.7 Å². The standard InChI is InChI=1S/C17H27ClN4O2/c1-3-4-6-14-19-13(15(18)20-14)11-22-9-5-7-17(8-10-22)12-21(2)16(23)24-17/h3-12H2,1-2H3,(H,19,20)/t17-/m0/s1. The van der Waals surface area contributed by atoms with Gasteiger partial charge in [-0.3, -0.25) is 4.90 Å². The van der Waals surface area contributed by atoms with Crippen LogP contribution in [0.25, 0.3) is 0 Å². The first kappa shape index (κ1) is 17.5. The lowest BCUT2D eigenvalue weighted by Gasteiger charge is -2.25. The summed E-state index contributed by atoms with van der Waals surface area (Å²) in [5.74, 6) is 0.981. The monoisotopic (exact) mass is 354 g/mol. The van der Waals surface area contributed by atoms with Gasteiger partial charge in [-0.2, -0.15) is 0 Å². The minimum atomic E-state index is -0.301. The van der Waals surface area contributed by atoms with E-state index < -0.39 is 0 Å². The van der Waals surface area contributed by atoms with Crippen LogP contribution >= 0.6 is 11.6 Å². The van der Waals surface area contributed by atoms with Crippen LogP contribution in [-0.2, 0) is 17.7 Å². The van der Waals surface area contributed by atoms with Crippen molar-refractivity contribution in [2.24, 2.45) is 0 Å². The van der Waals surface area contributed by atoms with Crippen LogP contribution in [0.2, 0.25) is 5.15 Å². The second kappa shape index (κ2) is 7.31. The number of hydrogen-bond donors (Lipinski definition) is 1. The smallest absolute Gasteiger partial charge is 0.410 e. The highest BCUT2D eigenvalue weighted by atomic mass is 35.5. The van der Waals surface area contributed by atoms with Gasteiger partial charge in [0, 0.05) is 33.0 Å². The average Bonchev–Trinajstić information content (AvgIpc) is 2.94. The Morgan fingerprint density at radius 3 is 2.92 bits per heavy atom. The number of aromatic amines is 1. The van der Waals surface area contributed by atoms with Gasteiger partial charge in [-0.15, -0.1) is 0 Å². The van der Waals surface area contributed by atoms with Gasteiger partial charge in [-0.1, -0.05) is 24.9 Å². The lowest BCUT2D eigenvalue weighted by atomic mass is 9.95. The van der Waals surface area contributed by atoms with Crippen LogP contribution in [0.5, 0.6) is 0 Å². The van der Waals surface area contributed by atoms with Crippen LogP contribution < -0.4 is 0 Å². The summed E-state index contributed by atoms with van der Waals surface area (Å²) in [5.41, 5.74) is 0.698. The number of amides is 1. The maximum absolute atomic E-state index is 11.7. The van der Waals surface area contributed by atoms with E-state index in [1.807, 2.05) is 7.05 Å². The molecule has 0 aromatic carbocycles. The van der Waals surface area contributed by atoms with Gasteiger partial charge in [0.25, 0.3) is 0 Å². The van der Waals surface area contributed by atoms with E-state index in [1.165, 1.54) is 0 Å². The molecule has 6 nitrogen and oxygen atoms in total. The number of likely N-dealkylation sites (tertiary alicyclic amines) is 1. The molecule has 1 amide bonds. The third-order valence-electron chi connectivity index (χ3n) is 5.06. The first-order valence-corrected chi connectivity index (χ1v) is 9.29. The maximum Gasteiger partial charge on any atom is 0.410 e. The number of hydrogen-bond acceptors (Lipinski definition) is 4. The van der Waals surface area contributed by atoms with Crippen LogP contribution in [0.3, 0.4) is 0 Å². The Morgan fingerprint density at radius 2 is 2.21 bits per heavy atom. The van der Waals surface area contributed by atoms with E-state index in [1.54, 1.807) is 4.90 Å². The molecule has 2 saturated heterocycles. The molecule has 0 aliphatic carbocycles. The van der Waals surface area contributed by atoms with E-state index in [0.29, 0.717) is 11.7 Å². The van der Waals surface area contributed by atoms with Crippen LogP contribution in [0.4, 0.5) is 4.79 Å². The number of aromatic nitrogens is 2. The fourth-order valence-corrected chi connectivity index (χ4v) is 3.87. The van der Waals surface area contributed by atoms with Crippen molar-refractivity contribution < 1.29 is 9.53 Å². The lowest BCUT2D eigenvalue weighted by molar-refractivity contribution is 0.0442. The van der Waals surface area contributed by atoms with E-state index in [4.69, 9.17) is 16.3 Å². The molecule has 0 bridgehead atoms. The molecule has 1 spiro atoms. The van der Waals surface area contributed by atoms with Crippen molar-refractivity contribution in [1.29, 1.82) is 0 Å². The first-order chi connectivity index (χ1) is 11.5. The number of nitrogens with zero attached hydrogens (tertiary/aromatic N) is 3. The maximum atomic E-state index is 11.7. The first-order valence-electron chi connectivity index (χ1n) is 8.91. The molecule has 7 heteroatoms. The van der Waals surface area contributed by atoms with Gasteiger partial charge < -0.3 is 14.6 Å². The van der Waals surface area contributed by atoms with Gasteiger partial charge in [-0.25, -0.2) is 9.78 Å². The van der Waals surface area contributed by atoms with Crippen molar-refractivity contribution in [3.63, 3.8) is 0 Å². The van der Waals surface area contributed by atoms with Gasteiger partial charge in [0.1, 0.15) is 11.4 Å². The Hall–Kier alpha value is -1.27. The van der Waals surface area contributed by atoms with Crippen molar-refractivity contribution in [3.05, 3.63) is 16.7 Å². The molecule has 2 aliphatic rings. The number of nitrogens with one attached hydrogen (secondary N) is 1. The summed E-state index contributed by atoms with van der Waals surface area (Å²) >= 11 is 6.30. The second-order valence-electron chi connectivity index (χ2n) is 7.09. The van der Waals surface area contributed by atoms with Crippen molar-refractivity contribution in [2.45, 2.75) is 57.6 Å². The largest absolute Gasteiger partial charge is 0.441 e. The molecule has 0 saturated carbocycles. The number of unbranched alkanes of at least 4 members (excludes halogenated alkanes) is 1. The van der Waals surface area contributed by atoms with Crippen molar-refractivity contribution in [1.82, 2.24) is 19.8 Å². The fraction of sp³-hybridized carbons (Fsp3) is 0.765. The van der Waals surface area contributed by atoms with Crippen LogP contribution in [0.15, 0.2) is 0 Å². The topological polar surface area (TPSA) is 61.5 Å². The molecule has 1 N–H and O–H groups in total. The predicted molar refractivity (Wildman–Crippen MR) is 93.2 cm³/mol. The summed E-state index contributed by atoms with van der Waals surface area (Å²) in [5, 5.41) is 0.590. The van der Waals surface area contributed by atoms with E-state index in [2.05, 4.69) is 21.8 Å².